The van der Waals surface area contributed by atoms with Crippen molar-refractivity contribution in [2.45, 2.75) is 78.3 Å². The molecule has 37 heavy (non-hydrogen) atoms. The van der Waals surface area contributed by atoms with Crippen molar-refractivity contribution >= 4 is 30.1 Å². The van der Waals surface area contributed by atoms with Crippen molar-refractivity contribution in [2.75, 3.05) is 19.0 Å². The lowest BCUT2D eigenvalue weighted by Crippen LogP contribution is -2.37. The molecule has 2 amide bonds. The lowest BCUT2D eigenvalue weighted by atomic mass is 10.00. The van der Waals surface area contributed by atoms with Gasteiger partial charge < -0.3 is 30.1 Å². The van der Waals surface area contributed by atoms with Crippen LogP contribution in [0.25, 0.3) is 0 Å². The van der Waals surface area contributed by atoms with Crippen LogP contribution in [0.5, 0.6) is 0 Å². The fraction of sp³-hybridized carbons (Fsp3) is 0.536. The molecule has 0 saturated carbocycles. The zero-order chi connectivity index (χ0) is 27.8. The van der Waals surface area contributed by atoms with Crippen LogP contribution in [0, 0.1) is 5.92 Å². The minimum Gasteiger partial charge on any atom is -0.371 e. The van der Waals surface area contributed by atoms with Crippen LogP contribution in [0.4, 0.5) is 5.69 Å². The summed E-state index contributed by atoms with van der Waals surface area (Å²) in [6.07, 6.45) is 9.23. The first-order valence-electron chi connectivity index (χ1n) is 12.9. The number of benzene rings is 1. The van der Waals surface area contributed by atoms with Gasteiger partial charge in [0.2, 0.25) is 11.8 Å². The lowest BCUT2D eigenvalue weighted by Gasteiger charge is -2.22. The van der Waals surface area contributed by atoms with Crippen LogP contribution in [0.2, 0.25) is 0 Å². The number of nitrogens with one attached hydrogen (secondary N) is 3. The van der Waals surface area contributed by atoms with Gasteiger partial charge in [-0.15, -0.1) is 0 Å². The Hall–Kier alpha value is -3.49. The predicted octanol–water partition coefficient (Wildman–Crippen LogP) is 3.02. The Balaban J connectivity index is 0.000000435. The number of amides is 2. The Labute approximate surface area is 220 Å². The number of hydrogen-bond donors (Lipinski definition) is 3. The van der Waals surface area contributed by atoms with Gasteiger partial charge in [0.15, 0.2) is 0 Å². The van der Waals surface area contributed by atoms with Gasteiger partial charge in [0.05, 0.1) is 12.5 Å². The number of nitrogens with zero attached hydrogens (tertiary/aromatic N) is 2. The van der Waals surface area contributed by atoms with Crippen LogP contribution in [0.1, 0.15) is 63.9 Å². The second kappa shape index (κ2) is 17.1. The molecule has 0 spiro atoms. The van der Waals surface area contributed by atoms with Crippen LogP contribution in [0.15, 0.2) is 30.6 Å². The van der Waals surface area contributed by atoms with Crippen LogP contribution in [-0.2, 0) is 38.4 Å². The first-order valence-corrected chi connectivity index (χ1v) is 12.9. The van der Waals surface area contributed by atoms with Gasteiger partial charge in [0.25, 0.3) is 0 Å². The van der Waals surface area contributed by atoms with E-state index in [0.717, 1.165) is 31.8 Å². The maximum absolute atomic E-state index is 12.0. The average molecular weight is 514 g/mol. The fourth-order valence-corrected chi connectivity index (χ4v) is 3.99. The number of para-hydroxylation sites is 1. The number of aromatic amines is 1. The minimum atomic E-state index is -0.401. The van der Waals surface area contributed by atoms with E-state index >= 15 is 0 Å². The smallest absolute Gasteiger partial charge is 0.227 e. The summed E-state index contributed by atoms with van der Waals surface area (Å²) in [6, 6.07) is 6.53. The van der Waals surface area contributed by atoms with Gasteiger partial charge in [-0.3, -0.25) is 9.59 Å². The number of rotatable bonds is 10. The normalized spacial score (nSPS) is 15.1. The molecular weight excluding hydrogens is 470 g/mol. The zero-order valence-electron chi connectivity index (χ0n) is 23.0. The Kier molecular flexibility index (Phi) is 14.5. The standard InChI is InChI=1S/C20H30N2O2.C6H9N3O.C2H4O/c1-5-14(2)11-19(24)21-18(13-23)10-9-16-7-6-8-17-12-15(3)22(4)20(16)17;1-7-6(10)4-5-8-2-3-9-5;1-2-3/h6-8,13-15,18H,5,9-12H2,1-4H3,(H,21,24);2-3H,4H2,1H3,(H,7,10)(H,8,9);2H,1H3/t14?,15-,18?;;/m1../s1. The highest BCUT2D eigenvalue weighted by atomic mass is 16.2. The fourth-order valence-electron chi connectivity index (χ4n) is 3.99. The number of H-pyrrole nitrogens is 1. The SMILES string of the molecule is CC=O.CCC(C)CC(=O)NC(C=O)CCc1cccc2c1N(C)[C@H](C)C2.CNC(=O)Cc1ncc[nH]1. The largest absolute Gasteiger partial charge is 0.371 e. The number of hydrogen-bond acceptors (Lipinski definition) is 6. The van der Waals surface area contributed by atoms with E-state index in [0.29, 0.717) is 37.0 Å². The number of carbonyl (C=O) groups excluding carboxylic acids is 4. The summed E-state index contributed by atoms with van der Waals surface area (Å²) in [7, 11) is 3.73. The summed E-state index contributed by atoms with van der Waals surface area (Å²) in [6.45, 7) is 7.80. The third-order valence-corrected chi connectivity index (χ3v) is 6.36. The second-order valence-electron chi connectivity index (χ2n) is 9.28. The molecule has 2 unspecified atom stereocenters. The highest BCUT2D eigenvalue weighted by molar-refractivity contribution is 5.79. The molecule has 0 fully saturated rings. The maximum atomic E-state index is 12.0. The number of anilines is 1. The Morgan fingerprint density at radius 3 is 2.54 bits per heavy atom. The van der Waals surface area contributed by atoms with Gasteiger partial charge in [-0.05, 0) is 50.2 Å². The molecule has 3 N–H and O–H groups in total. The van der Waals surface area contributed by atoms with Crippen LogP contribution in [-0.4, -0.2) is 60.5 Å². The average Bonchev–Trinajstić information content (AvgIpc) is 3.49. The molecule has 0 radical (unpaired) electrons. The molecule has 0 aliphatic carbocycles. The number of aromatic nitrogens is 2. The van der Waals surface area contributed by atoms with Crippen LogP contribution in [0.3, 0.4) is 0 Å². The first-order chi connectivity index (χ1) is 17.7. The van der Waals surface area contributed by atoms with Crippen molar-refractivity contribution in [2.24, 2.45) is 5.92 Å². The second-order valence-corrected chi connectivity index (χ2v) is 9.28. The van der Waals surface area contributed by atoms with Crippen LogP contribution < -0.4 is 15.5 Å². The third-order valence-electron chi connectivity index (χ3n) is 6.36. The molecule has 9 heteroatoms. The molecule has 0 saturated heterocycles. The molecule has 0 bridgehead atoms. The van der Waals surface area contributed by atoms with Crippen molar-refractivity contribution < 1.29 is 19.2 Å². The molecule has 2 heterocycles. The molecule has 2 aromatic rings. The van der Waals surface area contributed by atoms with E-state index in [2.05, 4.69) is 71.5 Å². The van der Waals surface area contributed by atoms with Crippen molar-refractivity contribution in [3.63, 3.8) is 0 Å². The zero-order valence-corrected chi connectivity index (χ0v) is 23.0. The number of likely N-dealkylation sites (N-methyl/N-ethyl adjacent to an activating group) is 2. The number of fused-ring (bicyclic) bond motifs is 1. The first kappa shape index (κ1) is 31.5. The number of carbonyl (C=O) groups is 4. The van der Waals surface area contributed by atoms with E-state index < -0.39 is 6.04 Å². The number of aryl methyl sites for hydroxylation is 1. The molecule has 1 aliphatic rings. The Morgan fingerprint density at radius 1 is 1.27 bits per heavy atom. The van der Waals surface area contributed by atoms with E-state index in [9.17, 15) is 14.4 Å². The van der Waals surface area contributed by atoms with Gasteiger partial charge in [0, 0.05) is 44.6 Å². The molecule has 1 aromatic carbocycles. The Morgan fingerprint density at radius 2 is 1.97 bits per heavy atom. The molecule has 1 aromatic heterocycles. The quantitative estimate of drug-likeness (QED) is 0.420. The van der Waals surface area contributed by atoms with E-state index in [1.165, 1.54) is 23.7 Å². The van der Waals surface area contributed by atoms with Crippen LogP contribution >= 0.6 is 0 Å². The molecular formula is C28H43N5O4. The van der Waals surface area contributed by atoms with E-state index in [1.54, 1.807) is 19.4 Å². The van der Waals surface area contributed by atoms with Gasteiger partial charge in [0.1, 0.15) is 18.4 Å². The summed E-state index contributed by atoms with van der Waals surface area (Å²) in [5.41, 5.74) is 3.95. The van der Waals surface area contributed by atoms with Gasteiger partial charge in [-0.2, -0.15) is 0 Å². The highest BCUT2D eigenvalue weighted by Crippen LogP contribution is 2.34. The molecule has 9 nitrogen and oxygen atoms in total. The molecule has 3 rings (SSSR count). The van der Waals surface area contributed by atoms with E-state index in [-0.39, 0.29) is 11.8 Å². The van der Waals surface area contributed by atoms with Crippen molar-refractivity contribution in [1.82, 2.24) is 20.6 Å². The highest BCUT2D eigenvalue weighted by Gasteiger charge is 2.25. The van der Waals surface area contributed by atoms with Gasteiger partial charge in [-0.1, -0.05) is 38.5 Å². The Bertz CT molecular complexity index is 977. The van der Waals surface area contributed by atoms with Crippen molar-refractivity contribution in [1.29, 1.82) is 0 Å². The maximum Gasteiger partial charge on any atom is 0.227 e. The predicted molar refractivity (Wildman–Crippen MR) is 146 cm³/mol. The van der Waals surface area contributed by atoms with Crippen molar-refractivity contribution in [3.8, 4) is 0 Å². The van der Waals surface area contributed by atoms with Crippen molar-refractivity contribution in [3.05, 3.63) is 47.5 Å². The lowest BCUT2D eigenvalue weighted by molar-refractivity contribution is -0.124. The summed E-state index contributed by atoms with van der Waals surface area (Å²) >= 11 is 0. The minimum absolute atomic E-state index is 0.0227. The molecule has 1 aliphatic heterocycles. The summed E-state index contributed by atoms with van der Waals surface area (Å²) in [5, 5.41) is 5.37. The van der Waals surface area contributed by atoms with E-state index in [1.807, 2.05) is 0 Å². The third kappa shape index (κ3) is 11.0. The van der Waals surface area contributed by atoms with E-state index in [4.69, 9.17) is 4.79 Å². The monoisotopic (exact) mass is 513 g/mol. The summed E-state index contributed by atoms with van der Waals surface area (Å²) in [4.78, 5) is 51.9. The number of aldehydes is 2. The van der Waals surface area contributed by atoms with Gasteiger partial charge >= 0.3 is 0 Å². The molecule has 3 atom stereocenters. The molecule has 204 valence electrons. The van der Waals surface area contributed by atoms with Gasteiger partial charge in [-0.25, -0.2) is 4.98 Å². The topological polar surface area (TPSA) is 124 Å². The summed E-state index contributed by atoms with van der Waals surface area (Å²) in [5.74, 6) is 0.990. The summed E-state index contributed by atoms with van der Waals surface area (Å²) < 4.78 is 0. The number of imidazole rings is 1.